The monoisotopic (exact) mass is 738 g/mol. The molecule has 2 rings (SSSR count). The normalized spacial score (nSPS) is 11.2. The van der Waals surface area contributed by atoms with Crippen molar-refractivity contribution < 1.29 is 16.2 Å². The fraction of sp³-hybridized carbons (Fsp3) is 0.545. The standard InChI is InChI=1S/C15H10.2C9H21P.ClH.Ir/c1-2-15(13-9-5-3-6-10-13)14-11-7-4-8-12-14;2*1-7(2)10(8(3)4)9(5)6;;/h3-12H;2*7-9H,1-6H3;1H;/q;;;;+1/p-1. The van der Waals surface area contributed by atoms with Gasteiger partial charge < -0.3 is 0 Å². The third kappa shape index (κ3) is 15.1. The van der Waals surface area contributed by atoms with Crippen molar-refractivity contribution in [2.45, 2.75) is 117 Å². The molecule has 0 heterocycles. The van der Waals surface area contributed by atoms with Crippen molar-refractivity contribution in [3.8, 4) is 0 Å². The Kier molecular flexibility index (Phi) is 20.4. The maximum absolute atomic E-state index is 5.76. The van der Waals surface area contributed by atoms with Gasteiger partial charge in [-0.15, -0.1) is 0 Å². The van der Waals surface area contributed by atoms with Crippen LogP contribution in [0, 0.1) is 0 Å². The number of benzene rings is 2. The van der Waals surface area contributed by atoms with Crippen molar-refractivity contribution >= 4 is 35.2 Å². The van der Waals surface area contributed by atoms with Crippen LogP contribution < -0.4 is 0 Å². The first-order chi connectivity index (χ1) is 17.3. The van der Waals surface area contributed by atoms with E-state index in [0.717, 1.165) is 50.7 Å². The van der Waals surface area contributed by atoms with Gasteiger partial charge in [0.05, 0.1) is 0 Å². The number of hydrogen-bond donors (Lipinski definition) is 0. The molecule has 0 nitrogen and oxygen atoms in total. The average Bonchev–Trinajstić information content (AvgIpc) is 2.80. The zero-order valence-electron chi connectivity index (χ0n) is 25.3. The number of rotatable bonds is 8. The summed E-state index contributed by atoms with van der Waals surface area (Å²) in [6.07, 6.45) is 0. The Hall–Kier alpha value is -0.331. The van der Waals surface area contributed by atoms with E-state index in [1.807, 2.05) is 36.4 Å². The van der Waals surface area contributed by atoms with Gasteiger partial charge in [-0.1, -0.05) is 98.9 Å². The molecule has 0 saturated heterocycles. The molecule has 210 valence electrons. The molecule has 0 spiro atoms. The van der Waals surface area contributed by atoms with Crippen LogP contribution in [0.2, 0.25) is 0 Å². The summed E-state index contributed by atoms with van der Waals surface area (Å²) in [5, 5.41) is 0. The van der Waals surface area contributed by atoms with Crippen molar-refractivity contribution in [2.24, 2.45) is 0 Å². The second kappa shape index (κ2) is 20.6. The third-order valence-electron chi connectivity index (χ3n) is 5.90. The van der Waals surface area contributed by atoms with Gasteiger partial charge in [-0.2, -0.15) is 0 Å². The molecule has 0 aliphatic carbocycles. The Morgan fingerprint density at radius 2 is 0.811 bits per heavy atom. The SMILES string of the molecule is CC(C)P(C(C)C)C(C)C.CC(C)P(C(C)C)C(C)C.[Cl][Ir]=[C]=C=C(c1ccccc1)c1ccccc1. The molecule has 37 heavy (non-hydrogen) atoms. The molecule has 0 fully saturated rings. The number of halogens is 1. The molecule has 0 amide bonds. The van der Waals surface area contributed by atoms with E-state index in [2.05, 4.69) is 117 Å². The minimum atomic E-state index is -0.638. The molecule has 0 unspecified atom stereocenters. The molecule has 2 aromatic carbocycles. The van der Waals surface area contributed by atoms with Crippen LogP contribution in [0.1, 0.15) is 94.2 Å². The van der Waals surface area contributed by atoms with Gasteiger partial charge >= 0.3 is 113 Å². The molecule has 0 saturated carbocycles. The predicted octanol–water partition coefficient (Wildman–Crippen LogP) is 11.3. The van der Waals surface area contributed by atoms with Crippen LogP contribution in [-0.4, -0.2) is 38.1 Å². The predicted molar refractivity (Wildman–Crippen MR) is 174 cm³/mol. The van der Waals surface area contributed by atoms with E-state index >= 15 is 0 Å². The first-order valence-corrected chi connectivity index (χ1v) is 20.9. The summed E-state index contributed by atoms with van der Waals surface area (Å²) in [4.78, 5) is 0. The summed E-state index contributed by atoms with van der Waals surface area (Å²) in [7, 11) is 6.28. The summed E-state index contributed by atoms with van der Waals surface area (Å²) in [5.74, 6) is 0. The van der Waals surface area contributed by atoms with Crippen LogP contribution in [0.25, 0.3) is 5.57 Å². The Balaban J connectivity index is 0.000000564. The van der Waals surface area contributed by atoms with Crippen molar-refractivity contribution in [2.75, 3.05) is 0 Å². The summed E-state index contributed by atoms with van der Waals surface area (Å²) in [6, 6.07) is 20.4. The van der Waals surface area contributed by atoms with Gasteiger partial charge in [-0.25, -0.2) is 0 Å². The van der Waals surface area contributed by atoms with Gasteiger partial charge in [0.15, 0.2) is 0 Å². The molecule has 0 radical (unpaired) electrons. The van der Waals surface area contributed by atoms with Crippen LogP contribution in [0.5, 0.6) is 0 Å². The van der Waals surface area contributed by atoms with Gasteiger partial charge in [-0.3, -0.25) is 0 Å². The average molecular weight is 738 g/mol. The van der Waals surface area contributed by atoms with Crippen LogP contribution in [-0.2, 0) is 16.2 Å². The van der Waals surface area contributed by atoms with Crippen molar-refractivity contribution in [1.82, 2.24) is 0 Å². The van der Waals surface area contributed by atoms with Gasteiger partial charge in [0, 0.05) is 0 Å². The molecule has 2 aromatic rings. The fourth-order valence-electron chi connectivity index (χ4n) is 5.16. The van der Waals surface area contributed by atoms with Crippen molar-refractivity contribution in [3.63, 3.8) is 0 Å². The first-order valence-electron chi connectivity index (χ1n) is 13.6. The second-order valence-electron chi connectivity index (χ2n) is 10.8. The fourth-order valence-corrected chi connectivity index (χ4v) is 13.0. The topological polar surface area (TPSA) is 0 Å². The Bertz CT molecular complexity index is 833. The summed E-state index contributed by atoms with van der Waals surface area (Å²) in [5.41, 5.74) is 11.9. The van der Waals surface area contributed by atoms with E-state index in [1.54, 1.807) is 0 Å². The van der Waals surface area contributed by atoms with Gasteiger partial charge in [-0.05, 0) is 34.0 Å². The molecule has 4 heteroatoms. The van der Waals surface area contributed by atoms with E-state index in [4.69, 9.17) is 9.58 Å². The van der Waals surface area contributed by atoms with Gasteiger partial charge in [0.2, 0.25) is 0 Å². The van der Waals surface area contributed by atoms with E-state index in [-0.39, 0.29) is 15.8 Å². The van der Waals surface area contributed by atoms with Crippen LogP contribution >= 0.6 is 25.4 Å². The third-order valence-corrected chi connectivity index (χ3v) is 14.1. The molecule has 0 aromatic heterocycles. The molecule has 0 bridgehead atoms. The Labute approximate surface area is 244 Å². The summed E-state index contributed by atoms with van der Waals surface area (Å²) >= 11 is -0.638. The zero-order chi connectivity index (χ0) is 28.5. The second-order valence-corrected chi connectivity index (χ2v) is 20.9. The van der Waals surface area contributed by atoms with E-state index in [0.29, 0.717) is 0 Å². The van der Waals surface area contributed by atoms with E-state index in [9.17, 15) is 0 Å². The van der Waals surface area contributed by atoms with Gasteiger partial charge in [0.25, 0.3) is 0 Å². The molecule has 0 aliphatic heterocycles. The van der Waals surface area contributed by atoms with Crippen LogP contribution in [0.3, 0.4) is 0 Å². The van der Waals surface area contributed by atoms with E-state index in [1.165, 1.54) is 0 Å². The number of hydrogen-bond acceptors (Lipinski definition) is 0. The van der Waals surface area contributed by atoms with Crippen LogP contribution in [0.15, 0.2) is 66.4 Å². The molecular formula is C33H52ClIrP2. The van der Waals surface area contributed by atoms with Crippen molar-refractivity contribution in [3.05, 3.63) is 77.5 Å². The summed E-state index contributed by atoms with van der Waals surface area (Å²) < 4.78 is 3.05. The minimum absolute atomic E-state index is 0.262. The molecule has 0 aliphatic rings. The van der Waals surface area contributed by atoms with E-state index < -0.39 is 16.2 Å². The Morgan fingerprint density at radius 1 is 0.541 bits per heavy atom. The maximum atomic E-state index is 5.76. The molecule has 0 atom stereocenters. The van der Waals surface area contributed by atoms with Crippen LogP contribution in [0.4, 0.5) is 0 Å². The quantitative estimate of drug-likeness (QED) is 0.187. The van der Waals surface area contributed by atoms with Gasteiger partial charge in [0.1, 0.15) is 0 Å². The molecule has 0 N–H and O–H groups in total. The first kappa shape index (κ1) is 36.7. The molecular weight excluding hydrogens is 686 g/mol. The zero-order valence-corrected chi connectivity index (χ0v) is 30.3. The summed E-state index contributed by atoms with van der Waals surface area (Å²) in [6.45, 7) is 28.2. The van der Waals surface area contributed by atoms with Crippen molar-refractivity contribution in [1.29, 1.82) is 0 Å². The Morgan fingerprint density at radius 3 is 1.00 bits per heavy atom.